The topological polar surface area (TPSA) is 147 Å². The van der Waals surface area contributed by atoms with E-state index in [0.29, 0.717) is 17.9 Å². The minimum absolute atomic E-state index is 0. The number of nitrogens with two attached hydrogens (primary N) is 1. The smallest absolute Gasteiger partial charge is 0.261 e. The molecule has 0 aromatic heterocycles. The van der Waals surface area contributed by atoms with E-state index >= 15 is 0 Å². The van der Waals surface area contributed by atoms with Gasteiger partial charge < -0.3 is 16.4 Å². The fourth-order valence-electron chi connectivity index (χ4n) is 4.40. The number of sulfonamides is 1. The molecule has 2 amide bonds. The van der Waals surface area contributed by atoms with Crippen molar-refractivity contribution in [3.05, 3.63) is 93.5 Å². The molecule has 1 saturated heterocycles. The van der Waals surface area contributed by atoms with Gasteiger partial charge in [0.1, 0.15) is 6.04 Å². The van der Waals surface area contributed by atoms with Crippen LogP contribution in [0.1, 0.15) is 39.1 Å². The molecule has 9 nitrogen and oxygen atoms in total. The van der Waals surface area contributed by atoms with E-state index in [4.69, 9.17) is 28.9 Å². The van der Waals surface area contributed by atoms with Crippen molar-refractivity contribution >= 4 is 68.9 Å². The zero-order chi connectivity index (χ0) is 28.2. The zero-order valence-corrected chi connectivity index (χ0v) is 24.2. The first kappa shape index (κ1) is 31.4. The Morgan fingerprint density at radius 3 is 2.20 bits per heavy atom. The van der Waals surface area contributed by atoms with Gasteiger partial charge in [0.05, 0.1) is 15.6 Å². The number of hydrogen-bond acceptors (Lipinski definition) is 6. The Morgan fingerprint density at radius 2 is 1.57 bits per heavy atom. The number of nitrogens with one attached hydrogen (secondary N) is 3. The van der Waals surface area contributed by atoms with Crippen LogP contribution in [0.25, 0.3) is 0 Å². The summed E-state index contributed by atoms with van der Waals surface area (Å²) in [4.78, 5) is 37.8. The van der Waals surface area contributed by atoms with Crippen LogP contribution in [0.5, 0.6) is 0 Å². The van der Waals surface area contributed by atoms with Gasteiger partial charge in [0.25, 0.3) is 15.9 Å². The average Bonchev–Trinajstić information content (AvgIpc) is 2.92. The Kier molecular flexibility index (Phi) is 10.6. The molecule has 5 N–H and O–H groups in total. The largest absolute Gasteiger partial charge is 0.368 e. The maximum atomic E-state index is 13.1. The molecule has 13 heteroatoms. The maximum Gasteiger partial charge on any atom is 0.261 e. The molecule has 3 aromatic rings. The fraction of sp³-hybridized carbons (Fsp3) is 0.222. The summed E-state index contributed by atoms with van der Waals surface area (Å²) >= 11 is 12.1. The molecular formula is C27H27Cl3N4O5S. The normalized spacial score (nSPS) is 14.4. The van der Waals surface area contributed by atoms with Gasteiger partial charge in [-0.25, -0.2) is 8.42 Å². The molecule has 0 bridgehead atoms. The molecule has 212 valence electrons. The third-order valence-corrected chi connectivity index (χ3v) is 8.40. The van der Waals surface area contributed by atoms with E-state index in [2.05, 4.69) is 15.4 Å². The molecule has 1 unspecified atom stereocenters. The SMILES string of the molecule is Cl.NC(=O)C(NC(=O)c1ccc(S(=O)(=O)Nc2ccccc2C(=O)c2ccc(Cl)cc2Cl)cc1)C1CCNCC1. The summed E-state index contributed by atoms with van der Waals surface area (Å²) in [7, 11) is -4.13. The number of primary amides is 1. The monoisotopic (exact) mass is 624 g/mol. The van der Waals surface area contributed by atoms with Crippen molar-refractivity contribution in [2.75, 3.05) is 17.8 Å². The van der Waals surface area contributed by atoms with E-state index in [0.717, 1.165) is 13.1 Å². The molecule has 1 fully saturated rings. The Morgan fingerprint density at radius 1 is 0.925 bits per heavy atom. The number of halogens is 3. The quantitative estimate of drug-likeness (QED) is 0.264. The molecule has 40 heavy (non-hydrogen) atoms. The molecular weight excluding hydrogens is 599 g/mol. The summed E-state index contributed by atoms with van der Waals surface area (Å²) in [5, 5.41) is 6.37. The summed E-state index contributed by atoms with van der Waals surface area (Å²) < 4.78 is 28.7. The van der Waals surface area contributed by atoms with Crippen LogP contribution in [0.15, 0.2) is 71.6 Å². The number of anilines is 1. The number of para-hydroxylation sites is 1. The number of amides is 2. The summed E-state index contributed by atoms with van der Waals surface area (Å²) in [5.74, 6) is -1.72. The second-order valence-corrected chi connectivity index (χ2v) is 11.6. The van der Waals surface area contributed by atoms with Crippen molar-refractivity contribution in [2.24, 2.45) is 11.7 Å². The highest BCUT2D eigenvalue weighted by Gasteiger charge is 2.30. The van der Waals surface area contributed by atoms with Crippen molar-refractivity contribution in [1.82, 2.24) is 10.6 Å². The minimum atomic E-state index is -4.13. The van der Waals surface area contributed by atoms with Gasteiger partial charge in [-0.3, -0.25) is 19.1 Å². The van der Waals surface area contributed by atoms with Gasteiger partial charge in [-0.05, 0) is 86.4 Å². The Hall–Kier alpha value is -3.15. The summed E-state index contributed by atoms with van der Waals surface area (Å²) in [6, 6.07) is 14.9. The number of carbonyl (C=O) groups is 3. The first-order valence-corrected chi connectivity index (χ1v) is 14.3. The number of piperidine rings is 1. The Labute approximate surface area is 248 Å². The number of benzene rings is 3. The Balaban J connectivity index is 0.00000441. The van der Waals surface area contributed by atoms with Crippen LogP contribution < -0.4 is 21.1 Å². The van der Waals surface area contributed by atoms with E-state index in [1.807, 2.05) is 0 Å². The van der Waals surface area contributed by atoms with Gasteiger partial charge in [-0.15, -0.1) is 12.4 Å². The van der Waals surface area contributed by atoms with Crippen molar-refractivity contribution in [3.63, 3.8) is 0 Å². The number of ketones is 1. The highest BCUT2D eigenvalue weighted by Crippen LogP contribution is 2.28. The fourth-order valence-corrected chi connectivity index (χ4v) is 5.98. The lowest BCUT2D eigenvalue weighted by Gasteiger charge is -2.29. The number of hydrogen-bond donors (Lipinski definition) is 4. The third-order valence-electron chi connectivity index (χ3n) is 6.47. The lowest BCUT2D eigenvalue weighted by molar-refractivity contribution is -0.121. The number of carbonyl (C=O) groups excluding carboxylic acids is 3. The zero-order valence-electron chi connectivity index (χ0n) is 21.0. The highest BCUT2D eigenvalue weighted by atomic mass is 35.5. The van der Waals surface area contributed by atoms with Crippen molar-refractivity contribution in [3.8, 4) is 0 Å². The van der Waals surface area contributed by atoms with Crippen LogP contribution in [-0.4, -0.2) is 45.1 Å². The lowest BCUT2D eigenvalue weighted by atomic mass is 9.89. The van der Waals surface area contributed by atoms with E-state index in [-0.39, 0.29) is 50.6 Å². The molecule has 1 aliphatic heterocycles. The Bertz CT molecular complexity index is 1510. The van der Waals surface area contributed by atoms with Gasteiger partial charge >= 0.3 is 0 Å². The molecule has 1 atom stereocenters. The average molecular weight is 626 g/mol. The van der Waals surface area contributed by atoms with Crippen LogP contribution in [0.2, 0.25) is 10.0 Å². The van der Waals surface area contributed by atoms with Crippen LogP contribution in [0.4, 0.5) is 5.69 Å². The van der Waals surface area contributed by atoms with E-state index < -0.39 is 33.7 Å². The van der Waals surface area contributed by atoms with Crippen LogP contribution in [-0.2, 0) is 14.8 Å². The van der Waals surface area contributed by atoms with Gasteiger partial charge in [-0.1, -0.05) is 35.3 Å². The van der Waals surface area contributed by atoms with Crippen molar-refractivity contribution in [2.45, 2.75) is 23.8 Å². The third kappa shape index (κ3) is 7.32. The van der Waals surface area contributed by atoms with E-state index in [1.54, 1.807) is 12.1 Å². The van der Waals surface area contributed by atoms with Crippen molar-refractivity contribution < 1.29 is 22.8 Å². The summed E-state index contributed by atoms with van der Waals surface area (Å²) in [6.45, 7) is 1.46. The molecule has 0 saturated carbocycles. The second-order valence-electron chi connectivity index (χ2n) is 9.07. The first-order valence-electron chi connectivity index (χ1n) is 12.1. The molecule has 4 rings (SSSR count). The predicted molar refractivity (Wildman–Crippen MR) is 157 cm³/mol. The molecule has 1 aliphatic rings. The van der Waals surface area contributed by atoms with Gasteiger partial charge in [0, 0.05) is 21.7 Å². The van der Waals surface area contributed by atoms with Gasteiger partial charge in [-0.2, -0.15) is 0 Å². The summed E-state index contributed by atoms with van der Waals surface area (Å²) in [6.07, 6.45) is 1.40. The molecule has 3 aromatic carbocycles. The number of rotatable bonds is 9. The van der Waals surface area contributed by atoms with Crippen molar-refractivity contribution in [1.29, 1.82) is 0 Å². The molecule has 0 spiro atoms. The van der Waals surface area contributed by atoms with Gasteiger partial charge in [0.15, 0.2) is 5.78 Å². The summed E-state index contributed by atoms with van der Waals surface area (Å²) in [5.41, 5.74) is 6.02. The highest BCUT2D eigenvalue weighted by molar-refractivity contribution is 7.92. The maximum absolute atomic E-state index is 13.1. The minimum Gasteiger partial charge on any atom is -0.368 e. The molecule has 0 radical (unpaired) electrons. The molecule has 1 heterocycles. The van der Waals surface area contributed by atoms with Crippen LogP contribution >= 0.6 is 35.6 Å². The standard InChI is InChI=1S/C27H26Cl2N4O5S.ClH/c28-18-7-10-20(22(29)15-18)25(34)21-3-1-2-4-23(21)33-39(37,38)19-8-5-17(6-9-19)27(36)32-24(26(30)35)16-11-13-31-14-12-16;/h1-10,15-16,24,31,33H,11-14H2,(H2,30,35)(H,32,36);1H. The second kappa shape index (κ2) is 13.5. The van der Waals surface area contributed by atoms with E-state index in [1.165, 1.54) is 54.6 Å². The lowest BCUT2D eigenvalue weighted by Crippen LogP contribution is -2.51. The van der Waals surface area contributed by atoms with Crippen LogP contribution in [0, 0.1) is 5.92 Å². The van der Waals surface area contributed by atoms with Gasteiger partial charge in [0.2, 0.25) is 5.91 Å². The first-order chi connectivity index (χ1) is 18.6. The van der Waals surface area contributed by atoms with Crippen LogP contribution in [0.3, 0.4) is 0 Å². The predicted octanol–water partition coefficient (Wildman–Crippen LogP) is 4.03. The van der Waals surface area contributed by atoms with E-state index in [9.17, 15) is 22.8 Å². The molecule has 0 aliphatic carbocycles.